The van der Waals surface area contributed by atoms with Crippen molar-refractivity contribution < 1.29 is 9.90 Å². The lowest BCUT2D eigenvalue weighted by atomic mass is 9.78. The molecule has 2 unspecified atom stereocenters. The summed E-state index contributed by atoms with van der Waals surface area (Å²) in [4.78, 5) is 14.3. The van der Waals surface area contributed by atoms with Crippen LogP contribution in [0.1, 0.15) is 52.4 Å². The highest BCUT2D eigenvalue weighted by atomic mass is 16.3. The second-order valence-electron chi connectivity index (χ2n) is 5.56. The van der Waals surface area contributed by atoms with Crippen molar-refractivity contribution in [2.75, 3.05) is 26.2 Å². The van der Waals surface area contributed by atoms with Crippen molar-refractivity contribution in [3.8, 4) is 0 Å². The first kappa shape index (κ1) is 15.6. The Bertz CT molecular complexity index is 243. The van der Waals surface area contributed by atoms with Gasteiger partial charge in [-0.3, -0.25) is 4.79 Å². The number of carbonyl (C=O) groups excluding carboxylic acids is 1. The Balaban J connectivity index is 2.43. The van der Waals surface area contributed by atoms with Crippen LogP contribution in [-0.4, -0.2) is 42.0 Å². The Morgan fingerprint density at radius 1 is 1.39 bits per heavy atom. The van der Waals surface area contributed by atoms with E-state index in [1.54, 1.807) is 0 Å². The molecule has 0 amide bonds. The molecule has 0 aliphatic heterocycles. The first-order valence-electron chi connectivity index (χ1n) is 7.57. The first-order valence-corrected chi connectivity index (χ1v) is 7.57. The van der Waals surface area contributed by atoms with E-state index in [9.17, 15) is 4.79 Å². The number of aliphatic hydroxyl groups excluding tert-OH is 1. The van der Waals surface area contributed by atoms with Crippen molar-refractivity contribution in [1.82, 2.24) is 4.90 Å². The second-order valence-corrected chi connectivity index (χ2v) is 5.56. The lowest BCUT2D eigenvalue weighted by Crippen LogP contribution is -2.37. The van der Waals surface area contributed by atoms with Gasteiger partial charge in [-0.25, -0.2) is 0 Å². The zero-order chi connectivity index (χ0) is 13.4. The van der Waals surface area contributed by atoms with Crippen LogP contribution in [0, 0.1) is 11.8 Å². The molecule has 0 radical (unpaired) electrons. The highest BCUT2D eigenvalue weighted by Gasteiger charge is 2.29. The van der Waals surface area contributed by atoms with Crippen LogP contribution in [0.25, 0.3) is 0 Å². The Morgan fingerprint density at radius 3 is 2.78 bits per heavy atom. The first-order chi connectivity index (χ1) is 8.71. The molecule has 1 N–H and O–H groups in total. The highest BCUT2D eigenvalue weighted by molar-refractivity contribution is 5.81. The van der Waals surface area contributed by atoms with E-state index in [4.69, 9.17) is 5.11 Å². The monoisotopic (exact) mass is 255 g/mol. The molecule has 3 nitrogen and oxygen atoms in total. The molecule has 0 saturated heterocycles. The summed E-state index contributed by atoms with van der Waals surface area (Å²) >= 11 is 0. The van der Waals surface area contributed by atoms with Crippen LogP contribution in [-0.2, 0) is 4.79 Å². The lowest BCUT2D eigenvalue weighted by Gasteiger charge is -2.32. The molecule has 2 atom stereocenters. The van der Waals surface area contributed by atoms with Crippen molar-refractivity contribution >= 4 is 5.78 Å². The normalized spacial score (nSPS) is 24.8. The molecule has 1 fully saturated rings. The Labute approximate surface area is 112 Å². The van der Waals surface area contributed by atoms with Gasteiger partial charge in [0.05, 0.1) is 0 Å². The average molecular weight is 255 g/mol. The molecule has 0 aromatic heterocycles. The third-order valence-corrected chi connectivity index (χ3v) is 4.13. The van der Waals surface area contributed by atoms with Gasteiger partial charge in [-0.05, 0) is 31.7 Å². The van der Waals surface area contributed by atoms with Gasteiger partial charge in [0.25, 0.3) is 0 Å². The third-order valence-electron chi connectivity index (χ3n) is 4.13. The SMILES string of the molecule is CCCC1CCC(=O)C(CN(CC)CCCO)C1. The molecule has 1 aliphatic rings. The maximum absolute atomic E-state index is 12.0. The number of carbonyl (C=O) groups is 1. The second kappa shape index (κ2) is 8.65. The zero-order valence-corrected chi connectivity index (χ0v) is 12.0. The van der Waals surface area contributed by atoms with E-state index in [1.807, 2.05) is 0 Å². The van der Waals surface area contributed by atoms with Gasteiger partial charge in [0, 0.05) is 32.0 Å². The summed E-state index contributed by atoms with van der Waals surface area (Å²) in [6, 6.07) is 0. The minimum atomic E-state index is 0.244. The molecule has 18 heavy (non-hydrogen) atoms. The molecule has 106 valence electrons. The molecular weight excluding hydrogens is 226 g/mol. The number of ketones is 1. The fourth-order valence-electron chi connectivity index (χ4n) is 3.03. The van der Waals surface area contributed by atoms with Crippen molar-refractivity contribution in [1.29, 1.82) is 0 Å². The van der Waals surface area contributed by atoms with Gasteiger partial charge in [0.1, 0.15) is 5.78 Å². The molecule has 1 rings (SSSR count). The number of hydrogen-bond acceptors (Lipinski definition) is 3. The topological polar surface area (TPSA) is 40.5 Å². The van der Waals surface area contributed by atoms with Gasteiger partial charge in [-0.2, -0.15) is 0 Å². The quantitative estimate of drug-likeness (QED) is 0.724. The van der Waals surface area contributed by atoms with Crippen molar-refractivity contribution in [2.24, 2.45) is 11.8 Å². The van der Waals surface area contributed by atoms with E-state index in [0.29, 0.717) is 5.78 Å². The van der Waals surface area contributed by atoms with Crippen LogP contribution < -0.4 is 0 Å². The predicted octanol–water partition coefficient (Wildman–Crippen LogP) is 2.48. The summed E-state index contributed by atoms with van der Waals surface area (Å²) in [6.07, 6.45) is 6.29. The van der Waals surface area contributed by atoms with Crippen LogP contribution in [0.4, 0.5) is 0 Å². The van der Waals surface area contributed by atoms with Crippen LogP contribution >= 0.6 is 0 Å². The van der Waals surface area contributed by atoms with Crippen molar-refractivity contribution in [3.63, 3.8) is 0 Å². The van der Waals surface area contributed by atoms with Gasteiger partial charge in [0.15, 0.2) is 0 Å². The fraction of sp³-hybridized carbons (Fsp3) is 0.933. The minimum absolute atomic E-state index is 0.244. The number of rotatable bonds is 8. The highest BCUT2D eigenvalue weighted by Crippen LogP contribution is 2.30. The maximum atomic E-state index is 12.0. The molecule has 0 aromatic carbocycles. The van der Waals surface area contributed by atoms with Crippen LogP contribution in [0.3, 0.4) is 0 Å². The molecule has 0 heterocycles. The minimum Gasteiger partial charge on any atom is -0.396 e. The summed E-state index contributed by atoms with van der Waals surface area (Å²) in [7, 11) is 0. The molecular formula is C15H29NO2. The number of Topliss-reactive ketones (excluding diaryl/α,β-unsaturated/α-hetero) is 1. The molecule has 0 spiro atoms. The van der Waals surface area contributed by atoms with E-state index >= 15 is 0 Å². The molecule has 1 aliphatic carbocycles. The van der Waals surface area contributed by atoms with Gasteiger partial charge in [-0.15, -0.1) is 0 Å². The standard InChI is InChI=1S/C15H29NO2/c1-3-6-13-7-8-15(18)14(11-13)12-16(4-2)9-5-10-17/h13-14,17H,3-12H2,1-2H3. The smallest absolute Gasteiger partial charge is 0.137 e. The van der Waals surface area contributed by atoms with Crippen LogP contribution in [0.15, 0.2) is 0 Å². The van der Waals surface area contributed by atoms with Crippen molar-refractivity contribution in [3.05, 3.63) is 0 Å². The predicted molar refractivity (Wildman–Crippen MR) is 74.6 cm³/mol. The summed E-state index contributed by atoms with van der Waals surface area (Å²) in [5, 5.41) is 8.89. The Hall–Kier alpha value is -0.410. The molecule has 0 bridgehead atoms. The van der Waals surface area contributed by atoms with Crippen LogP contribution in [0.5, 0.6) is 0 Å². The Morgan fingerprint density at radius 2 is 2.17 bits per heavy atom. The van der Waals surface area contributed by atoms with Gasteiger partial charge in [-0.1, -0.05) is 26.7 Å². The summed E-state index contributed by atoms with van der Waals surface area (Å²) in [5.41, 5.74) is 0. The summed E-state index contributed by atoms with van der Waals surface area (Å²) in [6.45, 7) is 7.39. The summed E-state index contributed by atoms with van der Waals surface area (Å²) in [5.74, 6) is 1.47. The van der Waals surface area contributed by atoms with E-state index in [1.165, 1.54) is 12.8 Å². The molecule has 1 saturated carbocycles. The third kappa shape index (κ3) is 5.07. The van der Waals surface area contributed by atoms with Gasteiger partial charge >= 0.3 is 0 Å². The zero-order valence-electron chi connectivity index (χ0n) is 12.0. The van der Waals surface area contributed by atoms with Crippen molar-refractivity contribution in [2.45, 2.75) is 52.4 Å². The largest absolute Gasteiger partial charge is 0.396 e. The molecule has 3 heteroatoms. The number of nitrogens with zero attached hydrogens (tertiary/aromatic N) is 1. The summed E-state index contributed by atoms with van der Waals surface area (Å²) < 4.78 is 0. The van der Waals surface area contributed by atoms with E-state index in [0.717, 1.165) is 51.2 Å². The number of aliphatic hydroxyl groups is 1. The number of hydrogen-bond donors (Lipinski definition) is 1. The van der Waals surface area contributed by atoms with Gasteiger partial charge < -0.3 is 10.0 Å². The van der Waals surface area contributed by atoms with E-state index in [2.05, 4.69) is 18.7 Å². The van der Waals surface area contributed by atoms with E-state index in [-0.39, 0.29) is 12.5 Å². The van der Waals surface area contributed by atoms with Gasteiger partial charge in [0.2, 0.25) is 0 Å². The average Bonchev–Trinajstić information content (AvgIpc) is 2.38. The Kier molecular flexibility index (Phi) is 7.52. The molecule has 0 aromatic rings. The maximum Gasteiger partial charge on any atom is 0.137 e. The fourth-order valence-corrected chi connectivity index (χ4v) is 3.03. The lowest BCUT2D eigenvalue weighted by molar-refractivity contribution is -0.126. The van der Waals surface area contributed by atoms with E-state index < -0.39 is 0 Å². The van der Waals surface area contributed by atoms with Crippen LogP contribution in [0.2, 0.25) is 0 Å².